The Morgan fingerprint density at radius 2 is 1.55 bits per heavy atom. The van der Waals surface area contributed by atoms with Crippen LogP contribution in [0.15, 0.2) is 78.4 Å². The molecule has 3 aromatic carbocycles. The fourth-order valence-corrected chi connectivity index (χ4v) is 4.04. The summed E-state index contributed by atoms with van der Waals surface area (Å²) in [4.78, 5) is 29.1. The number of carbonyl (C=O) groups is 2. The van der Waals surface area contributed by atoms with E-state index in [4.69, 9.17) is 35.4 Å². The molecule has 1 heterocycles. The number of rotatable bonds is 3. The number of nitrogens with zero attached hydrogens (tertiary/aromatic N) is 2. The first-order valence-electron chi connectivity index (χ1n) is 9.07. The molecule has 0 saturated carbocycles. The van der Waals surface area contributed by atoms with Crippen LogP contribution in [0.25, 0.3) is 6.08 Å². The third-order valence-corrected chi connectivity index (χ3v) is 5.48. The molecule has 0 N–H and O–H groups in total. The minimum absolute atomic E-state index is 0.0539. The number of thiocarbonyl (C=S) groups is 1. The largest absolute Gasteiger partial charge is 0.270 e. The van der Waals surface area contributed by atoms with Gasteiger partial charge in [0.2, 0.25) is 0 Å². The minimum atomic E-state index is -0.671. The number of amides is 2. The van der Waals surface area contributed by atoms with E-state index in [2.05, 4.69) is 0 Å². The number of benzene rings is 3. The second kappa shape index (κ2) is 8.59. The molecule has 1 fully saturated rings. The van der Waals surface area contributed by atoms with Gasteiger partial charge in [0.15, 0.2) is 5.11 Å². The molecular weight excluding hydrogens is 458 g/mol. The predicted molar refractivity (Wildman–Crippen MR) is 125 cm³/mol. The molecule has 1 aliphatic heterocycles. The molecule has 1 aliphatic rings. The van der Waals surface area contributed by atoms with Crippen LogP contribution >= 0.6 is 35.4 Å². The maximum atomic E-state index is 13.7. The van der Waals surface area contributed by atoms with Crippen LogP contribution in [-0.2, 0) is 9.59 Å². The molecule has 2 amide bonds. The van der Waals surface area contributed by atoms with Crippen LogP contribution in [0.1, 0.15) is 5.56 Å². The highest BCUT2D eigenvalue weighted by molar-refractivity contribution is 7.81. The Hall–Kier alpha value is -3.06. The fraction of sp³-hybridized carbons (Fsp3) is 0. The molecule has 0 atom stereocenters. The van der Waals surface area contributed by atoms with Crippen molar-refractivity contribution in [2.45, 2.75) is 0 Å². The van der Waals surface area contributed by atoms with Gasteiger partial charge in [-0.3, -0.25) is 19.4 Å². The van der Waals surface area contributed by atoms with Crippen LogP contribution in [-0.4, -0.2) is 16.9 Å². The first-order chi connectivity index (χ1) is 14.9. The number of anilines is 2. The monoisotopic (exact) mass is 470 g/mol. The van der Waals surface area contributed by atoms with Crippen molar-refractivity contribution in [1.82, 2.24) is 0 Å². The van der Waals surface area contributed by atoms with Gasteiger partial charge in [0.05, 0.1) is 16.4 Å². The van der Waals surface area contributed by atoms with Gasteiger partial charge in [-0.1, -0.05) is 53.5 Å². The molecule has 0 radical (unpaired) electrons. The lowest BCUT2D eigenvalue weighted by atomic mass is 10.0. The zero-order valence-electron chi connectivity index (χ0n) is 15.8. The number of hydrogen-bond acceptors (Lipinski definition) is 3. The molecule has 0 aromatic heterocycles. The van der Waals surface area contributed by atoms with Gasteiger partial charge in [0.1, 0.15) is 11.4 Å². The lowest BCUT2D eigenvalue weighted by Crippen LogP contribution is -2.57. The van der Waals surface area contributed by atoms with E-state index in [1.807, 2.05) is 0 Å². The van der Waals surface area contributed by atoms with E-state index in [1.54, 1.807) is 48.5 Å². The second-order valence-corrected chi connectivity index (χ2v) is 7.82. The van der Waals surface area contributed by atoms with Gasteiger partial charge < -0.3 is 0 Å². The molecule has 0 unspecified atom stereocenters. The van der Waals surface area contributed by atoms with Crippen molar-refractivity contribution in [1.29, 1.82) is 0 Å². The van der Waals surface area contributed by atoms with Gasteiger partial charge in [-0.25, -0.2) is 4.39 Å². The van der Waals surface area contributed by atoms with E-state index >= 15 is 0 Å². The molecule has 31 heavy (non-hydrogen) atoms. The van der Waals surface area contributed by atoms with Crippen LogP contribution in [0.4, 0.5) is 15.8 Å². The molecule has 154 valence electrons. The van der Waals surface area contributed by atoms with Crippen LogP contribution in [0.5, 0.6) is 0 Å². The highest BCUT2D eigenvalue weighted by Gasteiger charge is 2.41. The number of halogens is 3. The summed E-state index contributed by atoms with van der Waals surface area (Å²) in [5.74, 6) is -1.78. The molecule has 0 spiro atoms. The van der Waals surface area contributed by atoms with Crippen LogP contribution in [0.3, 0.4) is 0 Å². The maximum Gasteiger partial charge on any atom is 0.270 e. The van der Waals surface area contributed by atoms with Crippen molar-refractivity contribution in [2.75, 3.05) is 9.80 Å². The summed E-state index contributed by atoms with van der Waals surface area (Å²) in [6.45, 7) is 0. The van der Waals surface area contributed by atoms with Gasteiger partial charge in [-0.15, -0.1) is 0 Å². The summed E-state index contributed by atoms with van der Waals surface area (Å²) in [5, 5.41) is 0.521. The Morgan fingerprint density at radius 1 is 0.839 bits per heavy atom. The molecule has 4 nitrogen and oxygen atoms in total. The summed E-state index contributed by atoms with van der Waals surface area (Å²) in [6, 6.07) is 18.9. The van der Waals surface area contributed by atoms with Crippen molar-refractivity contribution in [3.05, 3.63) is 99.8 Å². The standard InChI is InChI=1S/C23H13Cl2FN2O2S/c24-15-9-10-20(19(25)13-15)28-22(30)18(12-14-5-4-6-16(26)11-14)21(29)27(23(28)31)17-7-2-1-3-8-17/h1-13H/b18-12+. The lowest BCUT2D eigenvalue weighted by Gasteiger charge is -2.36. The minimum Gasteiger partial charge on any atom is -0.268 e. The Labute approximate surface area is 193 Å². The summed E-state index contributed by atoms with van der Waals surface area (Å²) in [6.07, 6.45) is 1.34. The van der Waals surface area contributed by atoms with E-state index in [-0.39, 0.29) is 21.4 Å². The van der Waals surface area contributed by atoms with Gasteiger partial charge in [-0.2, -0.15) is 0 Å². The van der Waals surface area contributed by atoms with Crippen molar-refractivity contribution < 1.29 is 14.0 Å². The lowest BCUT2D eigenvalue weighted by molar-refractivity contribution is -0.120. The number of para-hydroxylation sites is 1. The van der Waals surface area contributed by atoms with Crippen molar-refractivity contribution in [3.63, 3.8) is 0 Å². The van der Waals surface area contributed by atoms with Crippen LogP contribution in [0.2, 0.25) is 10.0 Å². The highest BCUT2D eigenvalue weighted by atomic mass is 35.5. The van der Waals surface area contributed by atoms with Gasteiger partial charge in [0.25, 0.3) is 11.8 Å². The van der Waals surface area contributed by atoms with Crippen molar-refractivity contribution in [3.8, 4) is 0 Å². The van der Waals surface area contributed by atoms with Crippen molar-refractivity contribution in [2.24, 2.45) is 0 Å². The first-order valence-corrected chi connectivity index (χ1v) is 10.2. The van der Waals surface area contributed by atoms with Crippen LogP contribution in [0, 0.1) is 5.82 Å². The summed E-state index contributed by atoms with van der Waals surface area (Å²) >= 11 is 17.9. The maximum absolute atomic E-state index is 13.7. The summed E-state index contributed by atoms with van der Waals surface area (Å²) in [7, 11) is 0. The third-order valence-electron chi connectivity index (χ3n) is 4.57. The van der Waals surface area contributed by atoms with Gasteiger partial charge >= 0.3 is 0 Å². The Bertz CT molecular complexity index is 1250. The third kappa shape index (κ3) is 4.10. The Kier molecular flexibility index (Phi) is 5.87. The molecule has 0 aliphatic carbocycles. The SMILES string of the molecule is O=C1/C(=C\c2cccc(F)c2)C(=O)N(c2ccc(Cl)cc2Cl)C(=S)N1c1ccccc1. The molecule has 4 rings (SSSR count). The zero-order chi connectivity index (χ0) is 22.1. The van der Waals surface area contributed by atoms with E-state index in [0.717, 1.165) is 0 Å². The number of carbonyl (C=O) groups excluding carboxylic acids is 2. The smallest absolute Gasteiger partial charge is 0.268 e. The molecule has 1 saturated heterocycles. The molecular formula is C23H13Cl2FN2O2S. The molecule has 0 bridgehead atoms. The zero-order valence-corrected chi connectivity index (χ0v) is 18.1. The van der Waals surface area contributed by atoms with E-state index in [1.165, 1.54) is 40.1 Å². The average molecular weight is 471 g/mol. The summed E-state index contributed by atoms with van der Waals surface area (Å²) < 4.78 is 13.7. The molecule has 3 aromatic rings. The average Bonchev–Trinajstić information content (AvgIpc) is 2.73. The molecule has 8 heteroatoms. The van der Waals surface area contributed by atoms with E-state index in [9.17, 15) is 14.0 Å². The van der Waals surface area contributed by atoms with E-state index in [0.29, 0.717) is 16.3 Å². The van der Waals surface area contributed by atoms with E-state index < -0.39 is 17.6 Å². The van der Waals surface area contributed by atoms with Gasteiger partial charge in [0, 0.05) is 5.02 Å². The quantitative estimate of drug-likeness (QED) is 0.272. The van der Waals surface area contributed by atoms with Gasteiger partial charge in [-0.05, 0) is 66.3 Å². The summed E-state index contributed by atoms with van der Waals surface area (Å²) in [5.41, 5.74) is 0.929. The topological polar surface area (TPSA) is 40.6 Å². The van der Waals surface area contributed by atoms with Crippen molar-refractivity contribution >= 4 is 69.8 Å². The second-order valence-electron chi connectivity index (χ2n) is 6.61. The first kappa shape index (κ1) is 21.2. The fourth-order valence-electron chi connectivity index (χ4n) is 3.17. The Balaban J connectivity index is 1.90. The highest BCUT2D eigenvalue weighted by Crippen LogP contribution is 2.35. The van der Waals surface area contributed by atoms with Crippen LogP contribution < -0.4 is 9.80 Å². The number of hydrogen-bond donors (Lipinski definition) is 0. The Morgan fingerprint density at radius 3 is 2.23 bits per heavy atom. The predicted octanol–water partition coefficient (Wildman–Crippen LogP) is 5.88. The normalized spacial score (nSPS) is 15.7.